The fourth-order valence-electron chi connectivity index (χ4n) is 0.978. The van der Waals surface area contributed by atoms with E-state index >= 15 is 0 Å². The minimum Gasteiger partial charge on any atom is -0.313 e. The van der Waals surface area contributed by atoms with E-state index in [4.69, 9.17) is 0 Å². The Kier molecular flexibility index (Phi) is 3.99. The van der Waals surface area contributed by atoms with Gasteiger partial charge in [-0.05, 0) is 37.9 Å². The Morgan fingerprint density at radius 1 is 1.33 bits per heavy atom. The van der Waals surface area contributed by atoms with Crippen molar-refractivity contribution in [2.24, 2.45) is 0 Å². The van der Waals surface area contributed by atoms with E-state index in [1.807, 2.05) is 0 Å². The molecule has 0 radical (unpaired) electrons. The van der Waals surface area contributed by atoms with Crippen molar-refractivity contribution >= 4 is 31.9 Å². The number of alkyl halides is 3. The van der Waals surface area contributed by atoms with Crippen molar-refractivity contribution in [3.63, 3.8) is 0 Å². The summed E-state index contributed by atoms with van der Waals surface area (Å²) in [4.78, 5) is 11.4. The molecule has 0 unspecified atom stereocenters. The van der Waals surface area contributed by atoms with E-state index in [0.717, 1.165) is 4.57 Å². The summed E-state index contributed by atoms with van der Waals surface area (Å²) in [5, 5.41) is 0. The summed E-state index contributed by atoms with van der Waals surface area (Å²) in [5.74, 6) is 0. The Hall–Kier alpha value is -0.300. The van der Waals surface area contributed by atoms with Crippen molar-refractivity contribution in [1.82, 2.24) is 4.57 Å². The lowest BCUT2D eigenvalue weighted by molar-refractivity contribution is -0.136. The van der Waals surface area contributed by atoms with Crippen molar-refractivity contribution in [1.29, 1.82) is 0 Å². The normalized spacial score (nSPS) is 11.8. The number of nitrogens with zero attached hydrogens (tertiary/aromatic N) is 1. The highest BCUT2D eigenvalue weighted by molar-refractivity contribution is 9.11. The van der Waals surface area contributed by atoms with Crippen LogP contribution in [-0.4, -0.2) is 10.7 Å². The second kappa shape index (κ2) is 4.69. The molecule has 0 spiro atoms. The van der Waals surface area contributed by atoms with Gasteiger partial charge in [0, 0.05) is 17.2 Å². The van der Waals surface area contributed by atoms with Gasteiger partial charge >= 0.3 is 6.18 Å². The molecule has 15 heavy (non-hydrogen) atoms. The molecular weight excluding hydrogens is 343 g/mol. The summed E-state index contributed by atoms with van der Waals surface area (Å²) in [6, 6.07) is 1.49. The van der Waals surface area contributed by atoms with Crippen molar-refractivity contribution in [2.75, 3.05) is 0 Å². The van der Waals surface area contributed by atoms with E-state index < -0.39 is 18.2 Å². The van der Waals surface area contributed by atoms with E-state index in [1.165, 1.54) is 12.3 Å². The van der Waals surface area contributed by atoms with Crippen LogP contribution < -0.4 is 5.56 Å². The average Bonchev–Trinajstić information content (AvgIpc) is 2.07. The molecule has 0 atom stereocenters. The van der Waals surface area contributed by atoms with Gasteiger partial charge in [0.05, 0.1) is 10.9 Å². The van der Waals surface area contributed by atoms with E-state index in [9.17, 15) is 18.0 Å². The highest BCUT2D eigenvalue weighted by Crippen LogP contribution is 2.20. The number of pyridine rings is 1. The summed E-state index contributed by atoms with van der Waals surface area (Å²) < 4.78 is 37.6. The molecule has 1 rings (SSSR count). The maximum Gasteiger partial charge on any atom is 0.390 e. The highest BCUT2D eigenvalue weighted by atomic mass is 79.9. The predicted molar refractivity (Wildman–Crippen MR) is 56.8 cm³/mol. The third-order valence-corrected chi connectivity index (χ3v) is 2.65. The van der Waals surface area contributed by atoms with Gasteiger partial charge in [0.1, 0.15) is 0 Å². The van der Waals surface area contributed by atoms with Crippen molar-refractivity contribution in [3.8, 4) is 0 Å². The standard InChI is InChI=1S/C8H6Br2F3NO/c9-5-3-6(10)7(15)14(4-5)2-1-8(11,12)13/h3-4H,1-2H2. The molecule has 0 saturated carbocycles. The maximum absolute atomic E-state index is 11.9. The molecule has 0 aliphatic carbocycles. The number of rotatable bonds is 2. The number of hydrogen-bond donors (Lipinski definition) is 0. The molecule has 84 valence electrons. The zero-order valence-electron chi connectivity index (χ0n) is 7.31. The first-order valence-electron chi connectivity index (χ1n) is 3.92. The van der Waals surface area contributed by atoms with Crippen LogP contribution >= 0.6 is 31.9 Å². The zero-order valence-corrected chi connectivity index (χ0v) is 10.5. The van der Waals surface area contributed by atoms with E-state index in [1.54, 1.807) is 0 Å². The predicted octanol–water partition coefficient (Wildman–Crippen LogP) is 3.33. The van der Waals surface area contributed by atoms with Gasteiger partial charge in [0.2, 0.25) is 0 Å². The number of hydrogen-bond acceptors (Lipinski definition) is 1. The monoisotopic (exact) mass is 347 g/mol. The molecule has 7 heteroatoms. The maximum atomic E-state index is 11.9. The fourth-order valence-corrected chi connectivity index (χ4v) is 2.24. The second-order valence-corrected chi connectivity index (χ2v) is 4.64. The average molecular weight is 349 g/mol. The van der Waals surface area contributed by atoms with Gasteiger partial charge in [-0.1, -0.05) is 0 Å². The lowest BCUT2D eigenvalue weighted by atomic mass is 10.4. The van der Waals surface area contributed by atoms with E-state index in [2.05, 4.69) is 31.9 Å². The molecule has 0 aliphatic rings. The van der Waals surface area contributed by atoms with Crippen LogP contribution in [0.3, 0.4) is 0 Å². The fraction of sp³-hybridized carbons (Fsp3) is 0.375. The Bertz CT molecular complexity index is 413. The minimum atomic E-state index is -4.26. The van der Waals surface area contributed by atoms with Crippen LogP contribution in [0.25, 0.3) is 0 Å². The van der Waals surface area contributed by atoms with Gasteiger partial charge in [0.25, 0.3) is 5.56 Å². The van der Waals surface area contributed by atoms with Crippen LogP contribution in [0.1, 0.15) is 6.42 Å². The van der Waals surface area contributed by atoms with Crippen LogP contribution in [0.2, 0.25) is 0 Å². The molecule has 0 amide bonds. The molecule has 1 aromatic rings. The van der Waals surface area contributed by atoms with E-state index in [-0.39, 0.29) is 11.0 Å². The Morgan fingerprint density at radius 2 is 1.93 bits per heavy atom. The highest BCUT2D eigenvalue weighted by Gasteiger charge is 2.26. The molecule has 2 nitrogen and oxygen atoms in total. The van der Waals surface area contributed by atoms with Gasteiger partial charge in [-0.15, -0.1) is 0 Å². The quantitative estimate of drug-likeness (QED) is 0.803. The third-order valence-electron chi connectivity index (χ3n) is 1.65. The summed E-state index contributed by atoms with van der Waals surface area (Å²) in [6.45, 7) is -0.375. The largest absolute Gasteiger partial charge is 0.390 e. The number of aromatic nitrogens is 1. The molecular formula is C8H6Br2F3NO. The Morgan fingerprint density at radius 3 is 2.47 bits per heavy atom. The Balaban J connectivity index is 2.91. The number of halogens is 5. The third kappa shape index (κ3) is 3.98. The van der Waals surface area contributed by atoms with Crippen molar-refractivity contribution in [3.05, 3.63) is 31.6 Å². The first-order valence-corrected chi connectivity index (χ1v) is 5.50. The molecule has 1 aromatic heterocycles. The van der Waals surface area contributed by atoms with Gasteiger partial charge < -0.3 is 4.57 Å². The summed E-state index contributed by atoms with van der Waals surface area (Å²) in [5.41, 5.74) is -0.470. The first kappa shape index (κ1) is 12.8. The molecule has 1 heterocycles. The smallest absolute Gasteiger partial charge is 0.313 e. The van der Waals surface area contributed by atoms with Gasteiger partial charge in [-0.25, -0.2) is 0 Å². The van der Waals surface area contributed by atoms with Gasteiger partial charge in [-0.2, -0.15) is 13.2 Å². The van der Waals surface area contributed by atoms with Gasteiger partial charge in [0.15, 0.2) is 0 Å². The summed E-state index contributed by atoms with van der Waals surface area (Å²) in [7, 11) is 0. The lowest BCUT2D eigenvalue weighted by Gasteiger charge is -2.09. The van der Waals surface area contributed by atoms with E-state index in [0.29, 0.717) is 4.47 Å². The van der Waals surface area contributed by atoms with Crippen LogP contribution in [0.5, 0.6) is 0 Å². The molecule has 0 N–H and O–H groups in total. The lowest BCUT2D eigenvalue weighted by Crippen LogP contribution is -2.23. The molecule has 0 bridgehead atoms. The topological polar surface area (TPSA) is 22.0 Å². The van der Waals surface area contributed by atoms with Crippen LogP contribution in [0.4, 0.5) is 13.2 Å². The SMILES string of the molecule is O=c1c(Br)cc(Br)cn1CCC(F)(F)F. The van der Waals surface area contributed by atoms with Crippen LogP contribution in [0.15, 0.2) is 26.0 Å². The first-order chi connectivity index (χ1) is 6.79. The molecule has 0 aliphatic heterocycles. The molecule has 0 aromatic carbocycles. The zero-order chi connectivity index (χ0) is 11.6. The minimum absolute atomic E-state index is 0.235. The van der Waals surface area contributed by atoms with Crippen molar-refractivity contribution in [2.45, 2.75) is 19.1 Å². The van der Waals surface area contributed by atoms with Crippen molar-refractivity contribution < 1.29 is 13.2 Å². The summed E-state index contributed by atoms with van der Waals surface area (Å²) >= 11 is 6.07. The van der Waals surface area contributed by atoms with Gasteiger partial charge in [-0.3, -0.25) is 4.79 Å². The number of aryl methyl sites for hydroxylation is 1. The second-order valence-electron chi connectivity index (χ2n) is 2.87. The molecule has 0 fully saturated rings. The van der Waals surface area contributed by atoms with Crippen LogP contribution in [-0.2, 0) is 6.54 Å². The summed E-state index contributed by atoms with van der Waals surface area (Å²) in [6.07, 6.45) is -3.94. The van der Waals surface area contributed by atoms with Crippen LogP contribution in [0, 0.1) is 0 Å². The Labute approximate surface area is 100 Å². The molecule has 0 saturated heterocycles.